The Balaban J connectivity index is 1.61. The number of anilines is 1. The van der Waals surface area contributed by atoms with Crippen LogP contribution in [0.2, 0.25) is 0 Å². The second-order valence-electron chi connectivity index (χ2n) is 6.56. The van der Waals surface area contributed by atoms with Crippen LogP contribution in [0.3, 0.4) is 0 Å². The van der Waals surface area contributed by atoms with Crippen LogP contribution in [0.4, 0.5) is 5.82 Å². The average Bonchev–Trinajstić information content (AvgIpc) is 3.22. The zero-order chi connectivity index (χ0) is 17.4. The number of nitrogens with zero attached hydrogens (tertiary/aromatic N) is 1. The van der Waals surface area contributed by atoms with Gasteiger partial charge in [0, 0.05) is 17.2 Å². The van der Waals surface area contributed by atoms with Gasteiger partial charge in [-0.3, -0.25) is 14.7 Å². The van der Waals surface area contributed by atoms with E-state index in [2.05, 4.69) is 15.5 Å². The Morgan fingerprint density at radius 1 is 1.28 bits per heavy atom. The number of rotatable bonds is 4. The molecule has 3 heterocycles. The highest BCUT2D eigenvalue weighted by Gasteiger charge is 2.35. The first kappa shape index (κ1) is 16.3. The molecule has 0 saturated heterocycles. The second kappa shape index (κ2) is 6.59. The van der Waals surface area contributed by atoms with Gasteiger partial charge in [-0.25, -0.2) is 0 Å². The van der Waals surface area contributed by atoms with Gasteiger partial charge < -0.3 is 15.5 Å². The zero-order valence-electron chi connectivity index (χ0n) is 13.7. The molecule has 1 atom stereocenters. The Morgan fingerprint density at radius 3 is 2.84 bits per heavy atom. The highest BCUT2D eigenvalue weighted by molar-refractivity contribution is 7.99. The molecule has 2 aromatic heterocycles. The summed E-state index contributed by atoms with van der Waals surface area (Å²) in [5.41, 5.74) is 6.26. The maximum Gasteiger partial charge on any atom is 0.267 e. The minimum atomic E-state index is -0.599. The number of nitrogens with two attached hydrogens (primary N) is 1. The Hall–Kier alpha value is -2.22. The smallest absolute Gasteiger partial charge is 0.267 e. The molecule has 0 spiro atoms. The topological polar surface area (TPSA) is 114 Å². The number of fused-ring (bicyclic) bond motifs is 1. The fourth-order valence-electron chi connectivity index (χ4n) is 3.62. The molecular weight excluding hydrogens is 340 g/mol. The fraction of sp³-hybridized carbons (Fsp3) is 0.471. The van der Waals surface area contributed by atoms with E-state index >= 15 is 0 Å². The Kier molecular flexibility index (Phi) is 4.29. The van der Waals surface area contributed by atoms with Crippen molar-refractivity contribution in [1.29, 1.82) is 0 Å². The number of furan rings is 1. The number of primary amides is 1. The Labute approximate surface area is 149 Å². The van der Waals surface area contributed by atoms with Gasteiger partial charge >= 0.3 is 0 Å². The van der Waals surface area contributed by atoms with E-state index in [4.69, 9.17) is 10.2 Å². The molecule has 1 fully saturated rings. The van der Waals surface area contributed by atoms with Crippen LogP contribution in [0.5, 0.6) is 0 Å². The normalized spacial score (nSPS) is 21.0. The summed E-state index contributed by atoms with van der Waals surface area (Å²) in [6.07, 6.45) is 6.49. The third-order valence-corrected chi connectivity index (χ3v) is 6.08. The maximum atomic E-state index is 12.0. The van der Waals surface area contributed by atoms with Crippen LogP contribution in [0.15, 0.2) is 21.6 Å². The highest BCUT2D eigenvalue weighted by Crippen LogP contribution is 2.41. The molecule has 1 saturated carbocycles. The van der Waals surface area contributed by atoms with Gasteiger partial charge in [-0.1, -0.05) is 31.0 Å². The molecule has 7 nitrogen and oxygen atoms in total. The molecule has 0 unspecified atom stereocenters. The van der Waals surface area contributed by atoms with Gasteiger partial charge in [0.2, 0.25) is 5.91 Å². The fourth-order valence-corrected chi connectivity index (χ4v) is 4.81. The number of thioether (sulfide) groups is 1. The van der Waals surface area contributed by atoms with Gasteiger partial charge in [-0.15, -0.1) is 0 Å². The summed E-state index contributed by atoms with van der Waals surface area (Å²) in [5, 5.41) is 10.7. The lowest BCUT2D eigenvalue weighted by molar-refractivity contribution is -0.116. The van der Waals surface area contributed by atoms with Gasteiger partial charge in [0.15, 0.2) is 10.9 Å². The van der Waals surface area contributed by atoms with Crippen molar-refractivity contribution in [1.82, 2.24) is 10.2 Å². The molecule has 1 aliphatic heterocycles. The van der Waals surface area contributed by atoms with E-state index in [1.807, 2.05) is 12.1 Å². The molecule has 2 aromatic rings. The minimum absolute atomic E-state index is 0.155. The third-order valence-electron chi connectivity index (χ3n) is 4.83. The summed E-state index contributed by atoms with van der Waals surface area (Å²) in [4.78, 5) is 23.6. The SMILES string of the molecule is NC(=O)c1[nH]nc2c1[C@@H](c1ccc(SC3CCCCC3)o1)CC(=O)N2. The Morgan fingerprint density at radius 2 is 2.08 bits per heavy atom. The van der Waals surface area contributed by atoms with E-state index in [9.17, 15) is 9.59 Å². The van der Waals surface area contributed by atoms with Gasteiger partial charge in [-0.2, -0.15) is 5.10 Å². The molecular formula is C17H20N4O3S. The van der Waals surface area contributed by atoms with Gasteiger partial charge in [0.25, 0.3) is 5.91 Å². The van der Waals surface area contributed by atoms with Gasteiger partial charge in [0.05, 0.1) is 5.92 Å². The summed E-state index contributed by atoms with van der Waals surface area (Å²) in [7, 11) is 0. The van der Waals surface area contributed by atoms with Crippen molar-refractivity contribution in [2.45, 2.75) is 54.8 Å². The number of aromatic amines is 1. The van der Waals surface area contributed by atoms with Crippen LogP contribution >= 0.6 is 11.8 Å². The highest BCUT2D eigenvalue weighted by atomic mass is 32.2. The number of carbonyl (C=O) groups is 2. The molecule has 25 heavy (non-hydrogen) atoms. The quantitative estimate of drug-likeness (QED) is 0.775. The van der Waals surface area contributed by atoms with Gasteiger partial charge in [-0.05, 0) is 25.0 Å². The predicted octanol–water partition coefficient (Wildman–Crippen LogP) is 3.00. The number of hydrogen-bond donors (Lipinski definition) is 3. The first-order chi connectivity index (χ1) is 12.1. The number of nitrogens with one attached hydrogen (secondary N) is 2. The van der Waals surface area contributed by atoms with Crippen molar-refractivity contribution in [2.24, 2.45) is 5.73 Å². The molecule has 0 aromatic carbocycles. The standard InChI is InChI=1S/C17H20N4O3S/c18-16(23)15-14-10(8-12(22)19-17(14)21-20-15)11-6-7-13(24-11)25-9-4-2-1-3-5-9/h6-7,9-10H,1-5,8H2,(H2,18,23)(H2,19,20,21,22)/t10-/m1/s1. The van der Waals surface area contributed by atoms with Crippen molar-refractivity contribution < 1.29 is 14.0 Å². The van der Waals surface area contributed by atoms with Crippen LogP contribution in [0, 0.1) is 0 Å². The van der Waals surface area contributed by atoms with Crippen molar-refractivity contribution in [3.05, 3.63) is 29.2 Å². The van der Waals surface area contributed by atoms with E-state index in [0.29, 0.717) is 22.4 Å². The molecule has 4 N–H and O–H groups in total. The lowest BCUT2D eigenvalue weighted by Gasteiger charge is -2.21. The largest absolute Gasteiger partial charge is 0.454 e. The molecule has 0 radical (unpaired) electrons. The van der Waals surface area contributed by atoms with Crippen LogP contribution in [0.1, 0.15) is 66.3 Å². The van der Waals surface area contributed by atoms with E-state index in [1.54, 1.807) is 11.8 Å². The first-order valence-electron chi connectivity index (χ1n) is 8.56. The number of amides is 2. The van der Waals surface area contributed by atoms with Crippen LogP contribution in [-0.4, -0.2) is 27.3 Å². The van der Waals surface area contributed by atoms with E-state index in [-0.39, 0.29) is 23.9 Å². The summed E-state index contributed by atoms with van der Waals surface area (Å²) < 4.78 is 6.02. The second-order valence-corrected chi connectivity index (χ2v) is 7.87. The lowest BCUT2D eigenvalue weighted by atomic mass is 9.89. The van der Waals surface area contributed by atoms with Crippen LogP contribution in [-0.2, 0) is 4.79 Å². The van der Waals surface area contributed by atoms with E-state index < -0.39 is 5.91 Å². The first-order valence-corrected chi connectivity index (χ1v) is 9.44. The van der Waals surface area contributed by atoms with Crippen molar-refractivity contribution in [2.75, 3.05) is 5.32 Å². The van der Waals surface area contributed by atoms with Crippen molar-refractivity contribution in [3.63, 3.8) is 0 Å². The van der Waals surface area contributed by atoms with E-state index in [1.165, 1.54) is 32.1 Å². The third kappa shape index (κ3) is 3.18. The molecule has 4 rings (SSSR count). The minimum Gasteiger partial charge on any atom is -0.454 e. The zero-order valence-corrected chi connectivity index (χ0v) is 14.5. The monoisotopic (exact) mass is 360 g/mol. The van der Waals surface area contributed by atoms with E-state index in [0.717, 1.165) is 5.09 Å². The summed E-state index contributed by atoms with van der Waals surface area (Å²) in [6.45, 7) is 0. The van der Waals surface area contributed by atoms with Gasteiger partial charge in [0.1, 0.15) is 11.5 Å². The summed E-state index contributed by atoms with van der Waals surface area (Å²) in [5.74, 6) is -0.0897. The molecule has 2 amide bonds. The maximum absolute atomic E-state index is 12.0. The summed E-state index contributed by atoms with van der Waals surface area (Å²) >= 11 is 1.76. The molecule has 132 valence electrons. The van der Waals surface area contributed by atoms with Crippen LogP contribution in [0.25, 0.3) is 0 Å². The summed E-state index contributed by atoms with van der Waals surface area (Å²) in [6, 6.07) is 3.83. The number of H-pyrrole nitrogens is 1. The van der Waals surface area contributed by atoms with Crippen molar-refractivity contribution in [3.8, 4) is 0 Å². The number of aromatic nitrogens is 2. The molecule has 8 heteroatoms. The van der Waals surface area contributed by atoms with Crippen molar-refractivity contribution >= 4 is 29.4 Å². The molecule has 1 aliphatic carbocycles. The molecule has 2 aliphatic rings. The predicted molar refractivity (Wildman–Crippen MR) is 93.6 cm³/mol. The number of carbonyl (C=O) groups excluding carboxylic acids is 2. The lowest BCUT2D eigenvalue weighted by Crippen LogP contribution is -2.25. The molecule has 0 bridgehead atoms. The Bertz CT molecular complexity index is 807. The number of hydrogen-bond acceptors (Lipinski definition) is 5. The van der Waals surface area contributed by atoms with Crippen LogP contribution < -0.4 is 11.1 Å². The average molecular weight is 360 g/mol.